The van der Waals surface area contributed by atoms with Crippen molar-refractivity contribution < 1.29 is 21.6 Å². The molecule has 0 bridgehead atoms. The topological polar surface area (TPSA) is 124 Å². The van der Waals surface area contributed by atoms with E-state index >= 15 is 0 Å². The van der Waals surface area contributed by atoms with Crippen molar-refractivity contribution in [1.29, 1.82) is 0 Å². The summed E-state index contributed by atoms with van der Waals surface area (Å²) < 4.78 is 48.0. The number of nitrogens with two attached hydrogens (primary N) is 1. The third-order valence-corrected chi connectivity index (χ3v) is 5.77. The normalized spacial score (nSPS) is 11.7. The fourth-order valence-electron chi connectivity index (χ4n) is 1.88. The number of isocyanates is 1. The van der Waals surface area contributed by atoms with Crippen LogP contribution in [-0.4, -0.2) is 22.9 Å². The standard InChI is InChI=1S/C14H12N2O5S2/c1-10-2-4-11(5-3-10)22(18,19)14-7-6-12(23(15,20)21)8-13(14)16-9-17/h2-8H,1H3,(H2,15,20,21). The van der Waals surface area contributed by atoms with Crippen LogP contribution in [0.3, 0.4) is 0 Å². The Bertz CT molecular complexity index is 1000. The van der Waals surface area contributed by atoms with E-state index in [0.29, 0.717) is 0 Å². The van der Waals surface area contributed by atoms with E-state index < -0.39 is 19.9 Å². The maximum Gasteiger partial charge on any atom is 0.240 e. The van der Waals surface area contributed by atoms with Gasteiger partial charge in [-0.05, 0) is 37.3 Å². The highest BCUT2D eigenvalue weighted by molar-refractivity contribution is 7.91. The highest BCUT2D eigenvalue weighted by atomic mass is 32.2. The van der Waals surface area contributed by atoms with Crippen LogP contribution < -0.4 is 5.14 Å². The van der Waals surface area contributed by atoms with Gasteiger partial charge >= 0.3 is 0 Å². The van der Waals surface area contributed by atoms with Crippen molar-refractivity contribution >= 4 is 31.6 Å². The van der Waals surface area contributed by atoms with Gasteiger partial charge in [0.05, 0.1) is 20.4 Å². The molecule has 0 amide bonds. The van der Waals surface area contributed by atoms with E-state index in [1.807, 2.05) is 0 Å². The Morgan fingerprint density at radius 2 is 1.52 bits per heavy atom. The first kappa shape index (κ1) is 17.0. The molecule has 0 aliphatic rings. The molecule has 0 aliphatic carbocycles. The van der Waals surface area contributed by atoms with Crippen LogP contribution in [0.1, 0.15) is 5.56 Å². The summed E-state index contributed by atoms with van der Waals surface area (Å²) >= 11 is 0. The third kappa shape index (κ3) is 3.54. The van der Waals surface area contributed by atoms with Gasteiger partial charge in [0.15, 0.2) is 0 Å². The lowest BCUT2D eigenvalue weighted by Gasteiger charge is -2.08. The van der Waals surface area contributed by atoms with Crippen LogP contribution in [0.5, 0.6) is 0 Å². The maximum absolute atomic E-state index is 12.6. The number of nitrogens with zero attached hydrogens (tertiary/aromatic N) is 1. The molecular weight excluding hydrogens is 340 g/mol. The van der Waals surface area contributed by atoms with Gasteiger partial charge in [-0.2, -0.15) is 4.99 Å². The van der Waals surface area contributed by atoms with Crippen LogP contribution in [0.4, 0.5) is 5.69 Å². The van der Waals surface area contributed by atoms with Crippen molar-refractivity contribution in [2.45, 2.75) is 21.6 Å². The minimum Gasteiger partial charge on any atom is -0.225 e. The molecule has 0 radical (unpaired) electrons. The average molecular weight is 352 g/mol. The molecule has 2 N–H and O–H groups in total. The second-order valence-corrected chi connectivity index (χ2v) is 8.17. The van der Waals surface area contributed by atoms with Crippen LogP contribution in [-0.2, 0) is 24.7 Å². The zero-order chi connectivity index (χ0) is 17.3. The molecule has 0 spiro atoms. The summed E-state index contributed by atoms with van der Waals surface area (Å²) in [6.45, 7) is 1.80. The second-order valence-electron chi connectivity index (χ2n) is 4.69. The minimum absolute atomic E-state index is 0.00574. The number of sulfone groups is 1. The molecule has 7 nitrogen and oxygen atoms in total. The number of hydrogen-bond donors (Lipinski definition) is 1. The summed E-state index contributed by atoms with van der Waals surface area (Å²) in [6, 6.07) is 9.06. The number of hydrogen-bond acceptors (Lipinski definition) is 6. The zero-order valence-corrected chi connectivity index (χ0v) is 13.6. The number of carbonyl (C=O) groups excluding carboxylic acids is 1. The fourth-order valence-corrected chi connectivity index (χ4v) is 3.79. The van der Waals surface area contributed by atoms with Crippen molar-refractivity contribution in [3.63, 3.8) is 0 Å². The van der Waals surface area contributed by atoms with Crippen LogP contribution in [0.2, 0.25) is 0 Å². The van der Waals surface area contributed by atoms with Gasteiger partial charge in [-0.15, -0.1) is 0 Å². The summed E-state index contributed by atoms with van der Waals surface area (Å²) in [7, 11) is -8.04. The summed E-state index contributed by atoms with van der Waals surface area (Å²) in [4.78, 5) is 13.1. The number of aliphatic imine (C=N–C) groups is 1. The highest BCUT2D eigenvalue weighted by Gasteiger charge is 2.23. The predicted molar refractivity (Wildman–Crippen MR) is 82.2 cm³/mol. The molecule has 0 fully saturated rings. The molecular formula is C14H12N2O5S2. The molecule has 2 rings (SSSR count). The van der Waals surface area contributed by atoms with Gasteiger partial charge < -0.3 is 0 Å². The molecule has 0 heterocycles. The number of rotatable bonds is 4. The molecule has 0 aromatic heterocycles. The van der Waals surface area contributed by atoms with Crippen LogP contribution in [0, 0.1) is 6.92 Å². The molecule has 0 saturated heterocycles. The predicted octanol–water partition coefficient (Wildman–Crippen LogP) is 1.44. The lowest BCUT2D eigenvalue weighted by atomic mass is 10.2. The third-order valence-electron chi connectivity index (χ3n) is 3.05. The van der Waals surface area contributed by atoms with Crippen LogP contribution >= 0.6 is 0 Å². The van der Waals surface area contributed by atoms with Crippen LogP contribution in [0.25, 0.3) is 0 Å². The van der Waals surface area contributed by atoms with E-state index in [0.717, 1.165) is 23.8 Å². The van der Waals surface area contributed by atoms with E-state index in [1.54, 1.807) is 19.1 Å². The van der Waals surface area contributed by atoms with Gasteiger partial charge in [-0.1, -0.05) is 17.7 Å². The fraction of sp³-hybridized carbons (Fsp3) is 0.0714. The monoisotopic (exact) mass is 352 g/mol. The van der Waals surface area contributed by atoms with E-state index in [2.05, 4.69) is 4.99 Å². The zero-order valence-electron chi connectivity index (χ0n) is 11.9. The lowest BCUT2D eigenvalue weighted by molar-refractivity contribution is 0.565. The summed E-state index contributed by atoms with van der Waals surface area (Å²) in [5.74, 6) is 0. The number of aryl methyl sites for hydroxylation is 1. The number of sulfonamides is 1. The Morgan fingerprint density at radius 3 is 2.04 bits per heavy atom. The molecule has 9 heteroatoms. The smallest absolute Gasteiger partial charge is 0.225 e. The first-order valence-corrected chi connectivity index (χ1v) is 9.25. The van der Waals surface area contributed by atoms with E-state index in [4.69, 9.17) is 5.14 Å². The van der Waals surface area contributed by atoms with E-state index in [-0.39, 0.29) is 20.4 Å². The summed E-state index contributed by atoms with van der Waals surface area (Å²) in [5, 5.41) is 4.99. The Labute approximate surface area is 133 Å². The van der Waals surface area contributed by atoms with Gasteiger partial charge in [0.2, 0.25) is 25.9 Å². The first-order chi connectivity index (χ1) is 10.7. The first-order valence-electron chi connectivity index (χ1n) is 6.23. The quantitative estimate of drug-likeness (QED) is 0.658. The van der Waals surface area contributed by atoms with Gasteiger partial charge in [0, 0.05) is 0 Å². The van der Waals surface area contributed by atoms with Gasteiger partial charge in [-0.3, -0.25) is 0 Å². The molecule has 0 unspecified atom stereocenters. The van der Waals surface area contributed by atoms with Crippen molar-refractivity contribution in [2.75, 3.05) is 0 Å². The maximum atomic E-state index is 12.6. The summed E-state index contributed by atoms with van der Waals surface area (Å²) in [5.41, 5.74) is 0.534. The molecule has 0 saturated carbocycles. The molecule has 0 aliphatic heterocycles. The van der Waals surface area contributed by atoms with E-state index in [1.165, 1.54) is 18.2 Å². The van der Waals surface area contributed by atoms with Gasteiger partial charge in [-0.25, -0.2) is 26.8 Å². The largest absolute Gasteiger partial charge is 0.240 e. The molecule has 2 aromatic rings. The average Bonchev–Trinajstić information content (AvgIpc) is 2.47. The summed E-state index contributed by atoms with van der Waals surface area (Å²) in [6.07, 6.45) is 1.21. The van der Waals surface area contributed by atoms with Crippen molar-refractivity contribution in [2.24, 2.45) is 10.1 Å². The van der Waals surface area contributed by atoms with Gasteiger partial charge in [0.1, 0.15) is 0 Å². The lowest BCUT2D eigenvalue weighted by Crippen LogP contribution is -2.12. The van der Waals surface area contributed by atoms with Crippen molar-refractivity contribution in [3.05, 3.63) is 48.0 Å². The minimum atomic E-state index is -4.06. The SMILES string of the molecule is Cc1ccc(S(=O)(=O)c2ccc(S(N)(=O)=O)cc2N=C=O)cc1. The van der Waals surface area contributed by atoms with E-state index in [9.17, 15) is 21.6 Å². The number of benzene rings is 2. The molecule has 120 valence electrons. The van der Waals surface area contributed by atoms with Crippen LogP contribution in [0.15, 0.2) is 62.1 Å². The Balaban J connectivity index is 2.71. The Kier molecular flexibility index (Phi) is 4.49. The van der Waals surface area contributed by atoms with Gasteiger partial charge in [0.25, 0.3) is 0 Å². The Morgan fingerprint density at radius 1 is 0.957 bits per heavy atom. The van der Waals surface area contributed by atoms with Crippen molar-refractivity contribution in [3.8, 4) is 0 Å². The molecule has 0 atom stereocenters. The molecule has 2 aromatic carbocycles. The highest BCUT2D eigenvalue weighted by Crippen LogP contribution is 2.31. The Hall–Kier alpha value is -2.32. The number of primary sulfonamides is 1. The van der Waals surface area contributed by atoms with Crippen molar-refractivity contribution in [1.82, 2.24) is 0 Å². The second kappa shape index (κ2) is 6.05. The molecule has 23 heavy (non-hydrogen) atoms.